The molecule has 0 aliphatic heterocycles. The van der Waals surface area contributed by atoms with Crippen LogP contribution in [0.3, 0.4) is 0 Å². The Morgan fingerprint density at radius 1 is 1.07 bits per heavy atom. The highest BCUT2D eigenvalue weighted by molar-refractivity contribution is 5.92. The van der Waals surface area contributed by atoms with Gasteiger partial charge in [0.15, 0.2) is 5.76 Å². The Kier molecular flexibility index (Phi) is 9.20. The van der Waals surface area contributed by atoms with Crippen molar-refractivity contribution in [3.8, 4) is 17.4 Å². The van der Waals surface area contributed by atoms with E-state index in [1.54, 1.807) is 6.07 Å². The van der Waals surface area contributed by atoms with Gasteiger partial charge < -0.3 is 19.2 Å². The van der Waals surface area contributed by atoms with Gasteiger partial charge >= 0.3 is 0 Å². The number of rotatable bonds is 11. The van der Waals surface area contributed by atoms with Gasteiger partial charge in [0.2, 0.25) is 0 Å². The smallest absolute Gasteiger partial charge is 0.287 e. The Labute approximate surface area is 242 Å². The average Bonchev–Trinajstić information content (AvgIpc) is 3.68. The van der Waals surface area contributed by atoms with Crippen molar-refractivity contribution >= 4 is 11.6 Å². The van der Waals surface area contributed by atoms with Crippen molar-refractivity contribution in [1.82, 2.24) is 14.9 Å². The molecule has 1 aliphatic rings. The molecule has 212 valence electrons. The fourth-order valence-electron chi connectivity index (χ4n) is 5.55. The summed E-state index contributed by atoms with van der Waals surface area (Å²) in [5.41, 5.74) is 5.20. The highest BCUT2D eigenvalue weighted by Gasteiger charge is 2.22. The van der Waals surface area contributed by atoms with E-state index < -0.39 is 0 Å². The highest BCUT2D eigenvalue weighted by Crippen LogP contribution is 2.30. The molecule has 1 saturated carbocycles. The van der Waals surface area contributed by atoms with Crippen LogP contribution in [0.1, 0.15) is 73.3 Å². The third-order valence-corrected chi connectivity index (χ3v) is 7.84. The number of hydrogen-bond acceptors (Lipinski definition) is 5. The lowest BCUT2D eigenvalue weighted by molar-refractivity contribution is 0.0922. The van der Waals surface area contributed by atoms with Crippen molar-refractivity contribution < 1.29 is 9.21 Å². The first-order valence-corrected chi connectivity index (χ1v) is 14.7. The maximum Gasteiger partial charge on any atom is 0.287 e. The molecule has 0 bridgehead atoms. The number of anilines is 1. The van der Waals surface area contributed by atoms with Gasteiger partial charge in [-0.2, -0.15) is 5.26 Å². The van der Waals surface area contributed by atoms with Crippen molar-refractivity contribution in [2.75, 3.05) is 18.0 Å². The largest absolute Gasteiger partial charge is 0.451 e. The Hall–Kier alpha value is -4.31. The van der Waals surface area contributed by atoms with Crippen molar-refractivity contribution in [3.63, 3.8) is 0 Å². The predicted octanol–water partition coefficient (Wildman–Crippen LogP) is 6.83. The number of benzene rings is 2. The first-order valence-electron chi connectivity index (χ1n) is 14.7. The number of imidazole rings is 1. The molecule has 2 aromatic carbocycles. The molecule has 1 aliphatic carbocycles. The summed E-state index contributed by atoms with van der Waals surface area (Å²) in [5, 5.41) is 12.0. The molecule has 0 radical (unpaired) electrons. The van der Waals surface area contributed by atoms with Crippen LogP contribution in [-0.2, 0) is 13.0 Å². The van der Waals surface area contributed by atoms with Crippen LogP contribution < -0.4 is 10.2 Å². The molecule has 7 heteroatoms. The second-order valence-electron chi connectivity index (χ2n) is 11.4. The number of carbonyl (C=O) groups excluding carboxylic acids is 1. The summed E-state index contributed by atoms with van der Waals surface area (Å²) in [6.07, 6.45) is 11.0. The molecule has 5 rings (SSSR count). The normalized spacial score (nSPS) is 13.7. The molecule has 0 unspecified atom stereocenters. The van der Waals surface area contributed by atoms with E-state index >= 15 is 0 Å². The third-order valence-electron chi connectivity index (χ3n) is 7.84. The number of furan rings is 1. The standard InChI is InChI=1S/C34H39N5O2/c1-25(2)21-37-34(40)33-17-16-32(41-33)28-12-14-30(15-13-28)39(29-6-4-3-5-7-29)19-18-31-22-36-24-38(31)23-27-10-8-26(20-35)9-11-27/h8-17,22,24-25,29H,3-7,18-19,21,23H2,1-2H3,(H,37,40). The van der Waals surface area contributed by atoms with Crippen molar-refractivity contribution in [2.45, 2.75) is 65.0 Å². The minimum Gasteiger partial charge on any atom is -0.451 e. The highest BCUT2D eigenvalue weighted by atomic mass is 16.3. The Bertz CT molecular complexity index is 1450. The lowest BCUT2D eigenvalue weighted by Gasteiger charge is -2.36. The third kappa shape index (κ3) is 7.26. The number of hydrogen-bond donors (Lipinski definition) is 1. The van der Waals surface area contributed by atoms with Crippen molar-refractivity contribution in [3.05, 3.63) is 95.8 Å². The fraction of sp³-hybridized carbons (Fsp3) is 0.382. The zero-order valence-electron chi connectivity index (χ0n) is 24.1. The summed E-state index contributed by atoms with van der Waals surface area (Å²) < 4.78 is 8.10. The first kappa shape index (κ1) is 28.2. The van der Waals surface area contributed by atoms with Crippen LogP contribution in [0.25, 0.3) is 11.3 Å². The van der Waals surface area contributed by atoms with Crippen LogP contribution >= 0.6 is 0 Å². The summed E-state index contributed by atoms with van der Waals surface area (Å²) >= 11 is 0. The van der Waals surface area contributed by atoms with E-state index in [2.05, 4.69) is 63.9 Å². The summed E-state index contributed by atoms with van der Waals surface area (Å²) in [6, 6.07) is 22.6. The number of nitrogens with zero attached hydrogens (tertiary/aromatic N) is 4. The molecule has 0 atom stereocenters. The Morgan fingerprint density at radius 2 is 1.83 bits per heavy atom. The molecule has 1 fully saturated rings. The molecule has 2 heterocycles. The lowest BCUT2D eigenvalue weighted by Crippen LogP contribution is -2.38. The average molecular weight is 550 g/mol. The SMILES string of the molecule is CC(C)CNC(=O)c1ccc(-c2ccc(N(CCc3cncn3Cc3ccc(C#N)cc3)C3CCCCC3)cc2)o1. The van der Waals surface area contributed by atoms with Gasteiger partial charge in [-0.1, -0.05) is 45.2 Å². The van der Waals surface area contributed by atoms with E-state index in [4.69, 9.17) is 9.68 Å². The summed E-state index contributed by atoms with van der Waals surface area (Å²) in [6.45, 7) is 6.40. The van der Waals surface area contributed by atoms with E-state index in [-0.39, 0.29) is 5.91 Å². The minimum atomic E-state index is -0.177. The molecule has 0 spiro atoms. The van der Waals surface area contributed by atoms with Crippen LogP contribution in [0.2, 0.25) is 0 Å². The molecule has 1 amide bonds. The van der Waals surface area contributed by atoms with E-state index in [1.165, 1.54) is 43.5 Å². The predicted molar refractivity (Wildman–Crippen MR) is 162 cm³/mol. The van der Waals surface area contributed by atoms with Crippen LogP contribution in [0.4, 0.5) is 5.69 Å². The van der Waals surface area contributed by atoms with Crippen molar-refractivity contribution in [2.24, 2.45) is 5.92 Å². The summed E-state index contributed by atoms with van der Waals surface area (Å²) in [4.78, 5) is 19.4. The van der Waals surface area contributed by atoms with Gasteiger partial charge in [-0.15, -0.1) is 0 Å². The second-order valence-corrected chi connectivity index (χ2v) is 11.4. The summed E-state index contributed by atoms with van der Waals surface area (Å²) in [5.74, 6) is 1.24. The molecule has 4 aromatic rings. The van der Waals surface area contributed by atoms with Gasteiger partial charge in [-0.3, -0.25) is 4.79 Å². The van der Waals surface area contributed by atoms with Crippen LogP contribution in [-0.4, -0.2) is 34.6 Å². The Balaban J connectivity index is 1.28. The van der Waals surface area contributed by atoms with E-state index in [9.17, 15) is 4.79 Å². The monoisotopic (exact) mass is 549 g/mol. The van der Waals surface area contributed by atoms with Crippen molar-refractivity contribution in [1.29, 1.82) is 5.26 Å². The van der Waals surface area contributed by atoms with E-state index in [0.29, 0.717) is 35.6 Å². The molecule has 0 saturated heterocycles. The number of nitrogens with one attached hydrogen (secondary N) is 1. The molecule has 2 aromatic heterocycles. The number of carbonyl (C=O) groups is 1. The van der Waals surface area contributed by atoms with E-state index in [1.807, 2.05) is 42.9 Å². The number of amides is 1. The van der Waals surface area contributed by atoms with Gasteiger partial charge in [-0.25, -0.2) is 4.98 Å². The fourth-order valence-corrected chi connectivity index (χ4v) is 5.55. The van der Waals surface area contributed by atoms with Gasteiger partial charge in [0.25, 0.3) is 5.91 Å². The Morgan fingerprint density at radius 3 is 2.54 bits per heavy atom. The molecular formula is C34H39N5O2. The van der Waals surface area contributed by atoms with Gasteiger partial charge in [-0.05, 0) is 72.9 Å². The maximum absolute atomic E-state index is 12.4. The maximum atomic E-state index is 12.4. The van der Waals surface area contributed by atoms with Crippen LogP contribution in [0.15, 0.2) is 77.6 Å². The lowest BCUT2D eigenvalue weighted by atomic mass is 9.93. The number of nitriles is 1. The zero-order valence-corrected chi connectivity index (χ0v) is 24.1. The topological polar surface area (TPSA) is 87.1 Å². The minimum absolute atomic E-state index is 0.177. The first-order chi connectivity index (χ1) is 20.0. The van der Waals surface area contributed by atoms with Gasteiger partial charge in [0.1, 0.15) is 5.76 Å². The number of aromatic nitrogens is 2. The quantitative estimate of drug-likeness (QED) is 0.222. The zero-order chi connectivity index (χ0) is 28.6. The second kappa shape index (κ2) is 13.4. The van der Waals surface area contributed by atoms with Gasteiger partial charge in [0.05, 0.1) is 18.0 Å². The molecular weight excluding hydrogens is 510 g/mol. The molecule has 7 nitrogen and oxygen atoms in total. The molecule has 41 heavy (non-hydrogen) atoms. The van der Waals surface area contributed by atoms with Crippen LogP contribution in [0.5, 0.6) is 0 Å². The van der Waals surface area contributed by atoms with Gasteiger partial charge in [0, 0.05) is 55.2 Å². The van der Waals surface area contributed by atoms with E-state index in [0.717, 1.165) is 30.6 Å². The van der Waals surface area contributed by atoms with Crippen LogP contribution in [0, 0.1) is 17.2 Å². The summed E-state index contributed by atoms with van der Waals surface area (Å²) in [7, 11) is 0. The molecule has 1 N–H and O–H groups in total.